The Hall–Kier alpha value is -1.18. The standard InChI is InChI=1S/C8H15NO2.C5H9NO2.2C2H6.CH4O/c1-6-4-7(9(2)3)5-8(10)11-6;7-5-6-1-3-8-4-2-6;3*1-2/h6-7H,4-5H2,1-3H3;5H,1-4H2;2*1-2H3;2H,1H3. The molecule has 7 heteroatoms. The molecular formula is C18H40N2O5. The molecule has 152 valence electrons. The van der Waals surface area contributed by atoms with Crippen LogP contribution in [0.2, 0.25) is 0 Å². The molecule has 2 unspecified atom stereocenters. The highest BCUT2D eigenvalue weighted by molar-refractivity contribution is 5.71. The van der Waals surface area contributed by atoms with Gasteiger partial charge in [-0.3, -0.25) is 9.59 Å². The van der Waals surface area contributed by atoms with E-state index in [-0.39, 0.29) is 12.1 Å². The maximum Gasteiger partial charge on any atom is 0.307 e. The summed E-state index contributed by atoms with van der Waals surface area (Å²) in [6, 6.07) is 0.367. The molecule has 2 aliphatic rings. The fourth-order valence-corrected chi connectivity index (χ4v) is 2.06. The molecule has 2 rings (SSSR count). The number of esters is 1. The van der Waals surface area contributed by atoms with E-state index >= 15 is 0 Å². The molecule has 0 aromatic rings. The van der Waals surface area contributed by atoms with Crippen molar-refractivity contribution >= 4 is 12.4 Å². The highest BCUT2D eigenvalue weighted by atomic mass is 16.5. The van der Waals surface area contributed by atoms with E-state index in [9.17, 15) is 9.59 Å². The molecular weight excluding hydrogens is 324 g/mol. The molecule has 0 spiro atoms. The topological polar surface area (TPSA) is 79.3 Å². The van der Waals surface area contributed by atoms with Crippen LogP contribution in [-0.4, -0.2) is 86.9 Å². The van der Waals surface area contributed by atoms with E-state index in [0.717, 1.165) is 33.0 Å². The van der Waals surface area contributed by atoms with Crippen LogP contribution in [-0.2, 0) is 19.1 Å². The van der Waals surface area contributed by atoms with Crippen LogP contribution in [0.15, 0.2) is 0 Å². The Morgan fingerprint density at radius 1 is 1.12 bits per heavy atom. The largest absolute Gasteiger partial charge is 0.463 e. The molecule has 2 atom stereocenters. The molecule has 2 saturated heterocycles. The summed E-state index contributed by atoms with van der Waals surface area (Å²) in [5, 5.41) is 7.00. The van der Waals surface area contributed by atoms with E-state index in [2.05, 4.69) is 4.90 Å². The number of hydrogen-bond donors (Lipinski definition) is 1. The normalized spacial score (nSPS) is 21.5. The molecule has 2 heterocycles. The van der Waals surface area contributed by atoms with Crippen molar-refractivity contribution in [3.05, 3.63) is 0 Å². The van der Waals surface area contributed by atoms with Crippen LogP contribution in [0.25, 0.3) is 0 Å². The highest BCUT2D eigenvalue weighted by Crippen LogP contribution is 2.17. The fourth-order valence-electron chi connectivity index (χ4n) is 2.06. The zero-order chi connectivity index (χ0) is 20.3. The van der Waals surface area contributed by atoms with Gasteiger partial charge < -0.3 is 24.4 Å². The first-order valence-corrected chi connectivity index (χ1v) is 9.10. The summed E-state index contributed by atoms with van der Waals surface area (Å²) >= 11 is 0. The number of aliphatic hydroxyl groups excluding tert-OH is 1. The molecule has 0 radical (unpaired) electrons. The maximum atomic E-state index is 10.9. The van der Waals surface area contributed by atoms with Gasteiger partial charge in [-0.2, -0.15) is 0 Å². The molecule has 0 aliphatic carbocycles. The zero-order valence-electron chi connectivity index (χ0n) is 17.4. The van der Waals surface area contributed by atoms with Crippen LogP contribution in [0, 0.1) is 0 Å². The van der Waals surface area contributed by atoms with Crippen molar-refractivity contribution in [3.8, 4) is 0 Å². The van der Waals surface area contributed by atoms with E-state index in [1.54, 1.807) is 4.90 Å². The van der Waals surface area contributed by atoms with Crippen molar-refractivity contribution in [2.24, 2.45) is 0 Å². The third-order valence-electron chi connectivity index (χ3n) is 3.26. The zero-order valence-corrected chi connectivity index (χ0v) is 17.4. The lowest BCUT2D eigenvalue weighted by atomic mass is 10.0. The Balaban J connectivity index is -0.000000305. The number of ether oxygens (including phenoxy) is 2. The summed E-state index contributed by atoms with van der Waals surface area (Å²) in [5.41, 5.74) is 0. The summed E-state index contributed by atoms with van der Waals surface area (Å²) in [7, 11) is 4.99. The second-order valence-corrected chi connectivity index (χ2v) is 5.11. The van der Waals surface area contributed by atoms with E-state index in [1.807, 2.05) is 48.7 Å². The molecule has 1 N–H and O–H groups in total. The van der Waals surface area contributed by atoms with Gasteiger partial charge in [0.15, 0.2) is 0 Å². The van der Waals surface area contributed by atoms with Crippen LogP contribution < -0.4 is 0 Å². The molecule has 0 aromatic carbocycles. The van der Waals surface area contributed by atoms with E-state index in [0.29, 0.717) is 25.7 Å². The third-order valence-corrected chi connectivity index (χ3v) is 3.26. The SMILES string of the molecule is CC.CC.CC1CC(N(C)C)CC(=O)O1.CO.O=CN1CCOCC1. The van der Waals surface area contributed by atoms with E-state index in [1.165, 1.54) is 0 Å². The maximum absolute atomic E-state index is 10.9. The minimum atomic E-state index is -0.0672. The van der Waals surface area contributed by atoms with Crippen molar-refractivity contribution in [1.29, 1.82) is 0 Å². The summed E-state index contributed by atoms with van der Waals surface area (Å²) < 4.78 is 10.0. The van der Waals surface area contributed by atoms with Gasteiger partial charge in [0.1, 0.15) is 6.10 Å². The summed E-state index contributed by atoms with van der Waals surface area (Å²) in [4.78, 5) is 24.8. The smallest absolute Gasteiger partial charge is 0.307 e. The first-order valence-electron chi connectivity index (χ1n) is 9.10. The Morgan fingerprint density at radius 2 is 1.60 bits per heavy atom. The molecule has 7 nitrogen and oxygen atoms in total. The molecule has 0 aromatic heterocycles. The highest BCUT2D eigenvalue weighted by Gasteiger charge is 2.26. The van der Waals surface area contributed by atoms with Gasteiger partial charge in [-0.05, 0) is 21.0 Å². The molecule has 0 bridgehead atoms. The number of nitrogens with zero attached hydrogens (tertiary/aromatic N) is 2. The van der Waals surface area contributed by atoms with Gasteiger partial charge in [-0.25, -0.2) is 0 Å². The van der Waals surface area contributed by atoms with E-state index in [4.69, 9.17) is 14.6 Å². The number of carbonyl (C=O) groups excluding carboxylic acids is 2. The Bertz CT molecular complexity index is 295. The fraction of sp³-hybridized carbons (Fsp3) is 0.889. The van der Waals surface area contributed by atoms with Gasteiger partial charge in [0.25, 0.3) is 0 Å². The Morgan fingerprint density at radius 3 is 1.92 bits per heavy atom. The molecule has 2 fully saturated rings. The predicted octanol–water partition coefficient (Wildman–Crippen LogP) is 1.78. The van der Waals surface area contributed by atoms with Gasteiger partial charge >= 0.3 is 5.97 Å². The van der Waals surface area contributed by atoms with Gasteiger partial charge in [0, 0.05) is 32.7 Å². The van der Waals surface area contributed by atoms with Crippen molar-refractivity contribution in [1.82, 2.24) is 9.80 Å². The summed E-state index contributed by atoms with van der Waals surface area (Å²) in [5.74, 6) is -0.0672. The number of morpholine rings is 1. The van der Waals surface area contributed by atoms with Gasteiger partial charge in [0.2, 0.25) is 6.41 Å². The van der Waals surface area contributed by atoms with Gasteiger partial charge in [-0.1, -0.05) is 27.7 Å². The van der Waals surface area contributed by atoms with Crippen LogP contribution in [0.1, 0.15) is 47.5 Å². The third kappa shape index (κ3) is 16.1. The molecule has 25 heavy (non-hydrogen) atoms. The van der Waals surface area contributed by atoms with Crippen molar-refractivity contribution in [2.45, 2.75) is 59.6 Å². The predicted molar refractivity (Wildman–Crippen MR) is 102 cm³/mol. The first kappa shape index (κ1) is 28.6. The van der Waals surface area contributed by atoms with Crippen LogP contribution in [0.4, 0.5) is 0 Å². The molecule has 0 saturated carbocycles. The number of cyclic esters (lactones) is 1. The lowest BCUT2D eigenvalue weighted by molar-refractivity contribution is -0.155. The second kappa shape index (κ2) is 20.9. The van der Waals surface area contributed by atoms with Crippen molar-refractivity contribution in [2.75, 3.05) is 47.5 Å². The minimum absolute atomic E-state index is 0.0672. The number of hydrogen-bond acceptors (Lipinski definition) is 6. The lowest BCUT2D eigenvalue weighted by Gasteiger charge is -2.30. The Labute approximate surface area is 154 Å². The summed E-state index contributed by atoms with van der Waals surface area (Å²) in [6.07, 6.45) is 2.45. The monoisotopic (exact) mass is 364 g/mol. The number of carbonyl (C=O) groups is 2. The van der Waals surface area contributed by atoms with E-state index < -0.39 is 0 Å². The lowest BCUT2D eigenvalue weighted by Crippen LogP contribution is -2.39. The minimum Gasteiger partial charge on any atom is -0.463 e. The van der Waals surface area contributed by atoms with Crippen LogP contribution >= 0.6 is 0 Å². The second-order valence-electron chi connectivity index (χ2n) is 5.11. The average molecular weight is 365 g/mol. The number of aliphatic hydroxyl groups is 1. The molecule has 1 amide bonds. The van der Waals surface area contributed by atoms with Gasteiger partial charge in [0.05, 0.1) is 19.6 Å². The van der Waals surface area contributed by atoms with Crippen molar-refractivity contribution < 1.29 is 24.2 Å². The quantitative estimate of drug-likeness (QED) is 0.594. The summed E-state index contributed by atoms with van der Waals surface area (Å²) in [6.45, 7) is 12.8. The number of amides is 1. The van der Waals surface area contributed by atoms with Gasteiger partial charge in [-0.15, -0.1) is 0 Å². The number of rotatable bonds is 2. The van der Waals surface area contributed by atoms with Crippen LogP contribution in [0.3, 0.4) is 0 Å². The molecule has 2 aliphatic heterocycles. The first-order chi connectivity index (χ1) is 12.0. The average Bonchev–Trinajstić information content (AvgIpc) is 2.67. The Kier molecular flexibility index (Phi) is 23.9. The van der Waals surface area contributed by atoms with Crippen LogP contribution in [0.5, 0.6) is 0 Å². The van der Waals surface area contributed by atoms with Crippen molar-refractivity contribution in [3.63, 3.8) is 0 Å².